The van der Waals surface area contributed by atoms with E-state index in [4.69, 9.17) is 14.2 Å². The highest BCUT2D eigenvalue weighted by Gasteiger charge is 2.50. The van der Waals surface area contributed by atoms with E-state index in [1.54, 1.807) is 0 Å². The Labute approximate surface area is 129 Å². The molecular formula is C16H21NO5. The van der Waals surface area contributed by atoms with Crippen LogP contribution in [0.4, 0.5) is 4.79 Å². The van der Waals surface area contributed by atoms with Gasteiger partial charge in [0.25, 0.3) is 0 Å². The van der Waals surface area contributed by atoms with Gasteiger partial charge in [-0.3, -0.25) is 0 Å². The number of carbonyl (C=O) groups excluding carboxylic acids is 1. The van der Waals surface area contributed by atoms with Gasteiger partial charge >= 0.3 is 6.09 Å². The van der Waals surface area contributed by atoms with E-state index < -0.39 is 23.8 Å². The first-order chi connectivity index (χ1) is 10.7. The molecule has 0 radical (unpaired) electrons. The Morgan fingerprint density at radius 1 is 1.32 bits per heavy atom. The summed E-state index contributed by atoms with van der Waals surface area (Å²) in [6.45, 7) is 1.64. The number of hydrogen-bond acceptors (Lipinski definition) is 5. The van der Waals surface area contributed by atoms with Crippen LogP contribution in [0.3, 0.4) is 0 Å². The molecular weight excluding hydrogens is 286 g/mol. The highest BCUT2D eigenvalue weighted by Crippen LogP contribution is 2.35. The van der Waals surface area contributed by atoms with Crippen LogP contribution < -0.4 is 5.32 Å². The van der Waals surface area contributed by atoms with Gasteiger partial charge in [0.05, 0.1) is 12.6 Å². The number of benzene rings is 1. The lowest BCUT2D eigenvalue weighted by molar-refractivity contribution is -0.120. The topological polar surface area (TPSA) is 77.0 Å². The van der Waals surface area contributed by atoms with E-state index in [0.29, 0.717) is 32.7 Å². The van der Waals surface area contributed by atoms with Crippen LogP contribution in [0.1, 0.15) is 18.4 Å². The number of carbonyl (C=O) groups is 1. The fourth-order valence-corrected chi connectivity index (χ4v) is 2.99. The Hall–Kier alpha value is -1.63. The Bertz CT molecular complexity index is 501. The Morgan fingerprint density at radius 2 is 2.05 bits per heavy atom. The zero-order valence-electron chi connectivity index (χ0n) is 12.4. The number of alkyl carbamates (subject to hydrolysis) is 1. The molecule has 2 aliphatic heterocycles. The maximum Gasteiger partial charge on any atom is 0.407 e. The highest BCUT2D eigenvalue weighted by molar-refractivity contribution is 5.67. The standard InChI is InChI=1S/C16H21NO5/c18-14-13(11-22-16(14)6-8-20-9-7-16)17-15(19)21-10-12-4-2-1-3-5-12/h1-5,13-14,18H,6-11H2,(H,17,19)/t13-,14+/m0/s1. The van der Waals surface area contributed by atoms with Crippen LogP contribution in [0, 0.1) is 0 Å². The first kappa shape index (κ1) is 15.3. The quantitative estimate of drug-likeness (QED) is 0.878. The summed E-state index contributed by atoms with van der Waals surface area (Å²) >= 11 is 0. The second-order valence-corrected chi connectivity index (χ2v) is 5.75. The van der Waals surface area contributed by atoms with Crippen LogP contribution in [0.5, 0.6) is 0 Å². The molecule has 120 valence electrons. The maximum atomic E-state index is 11.9. The van der Waals surface area contributed by atoms with Crippen LogP contribution in [0.25, 0.3) is 0 Å². The summed E-state index contributed by atoms with van der Waals surface area (Å²) in [6, 6.07) is 9.01. The molecule has 2 saturated heterocycles. The lowest BCUT2D eigenvalue weighted by Gasteiger charge is -2.35. The monoisotopic (exact) mass is 307 g/mol. The molecule has 0 bridgehead atoms. The average Bonchev–Trinajstić information content (AvgIpc) is 2.84. The molecule has 0 unspecified atom stereocenters. The molecule has 1 amide bonds. The highest BCUT2D eigenvalue weighted by atomic mass is 16.6. The van der Waals surface area contributed by atoms with Crippen LogP contribution in [-0.2, 0) is 20.8 Å². The van der Waals surface area contributed by atoms with Crippen molar-refractivity contribution >= 4 is 6.09 Å². The summed E-state index contributed by atoms with van der Waals surface area (Å²) in [6.07, 6.45) is 0.0119. The first-order valence-electron chi connectivity index (χ1n) is 7.57. The van der Waals surface area contributed by atoms with E-state index in [-0.39, 0.29) is 6.61 Å². The first-order valence-corrected chi connectivity index (χ1v) is 7.57. The molecule has 2 fully saturated rings. The van der Waals surface area contributed by atoms with Crippen molar-refractivity contribution in [2.45, 2.75) is 37.2 Å². The van der Waals surface area contributed by atoms with Crippen LogP contribution in [0.15, 0.2) is 30.3 Å². The predicted octanol–water partition coefficient (Wildman–Crippen LogP) is 1.22. The zero-order chi connectivity index (χ0) is 15.4. The van der Waals surface area contributed by atoms with Gasteiger partial charge < -0.3 is 24.6 Å². The molecule has 2 heterocycles. The molecule has 2 N–H and O–H groups in total. The third-order valence-corrected chi connectivity index (χ3v) is 4.33. The van der Waals surface area contributed by atoms with E-state index in [1.807, 2.05) is 30.3 Å². The van der Waals surface area contributed by atoms with E-state index in [1.165, 1.54) is 0 Å². The minimum Gasteiger partial charge on any atom is -0.445 e. The summed E-state index contributed by atoms with van der Waals surface area (Å²) in [5.41, 5.74) is 0.331. The van der Waals surface area contributed by atoms with Gasteiger partial charge in [0.2, 0.25) is 0 Å². The van der Waals surface area contributed by atoms with E-state index in [9.17, 15) is 9.90 Å². The summed E-state index contributed by atoms with van der Waals surface area (Å²) in [7, 11) is 0. The molecule has 0 aromatic heterocycles. The summed E-state index contributed by atoms with van der Waals surface area (Å²) < 4.78 is 16.2. The Kier molecular flexibility index (Phi) is 4.61. The molecule has 6 nitrogen and oxygen atoms in total. The molecule has 6 heteroatoms. The largest absolute Gasteiger partial charge is 0.445 e. The van der Waals surface area contributed by atoms with Crippen molar-refractivity contribution in [1.82, 2.24) is 5.32 Å². The predicted molar refractivity (Wildman–Crippen MR) is 78.3 cm³/mol. The van der Waals surface area contributed by atoms with Gasteiger partial charge in [0.15, 0.2) is 0 Å². The minimum atomic E-state index is -0.735. The Morgan fingerprint density at radius 3 is 2.77 bits per heavy atom. The van der Waals surface area contributed by atoms with Gasteiger partial charge in [-0.15, -0.1) is 0 Å². The lowest BCUT2D eigenvalue weighted by atomic mass is 9.87. The summed E-state index contributed by atoms with van der Waals surface area (Å²) in [5, 5.41) is 13.1. The van der Waals surface area contributed by atoms with Gasteiger partial charge in [-0.05, 0) is 5.56 Å². The minimum absolute atomic E-state index is 0.204. The number of nitrogens with one attached hydrogen (secondary N) is 1. The van der Waals surface area contributed by atoms with Crippen LogP contribution >= 0.6 is 0 Å². The van der Waals surface area contributed by atoms with E-state index in [2.05, 4.69) is 5.32 Å². The number of hydrogen-bond donors (Lipinski definition) is 2. The van der Waals surface area contributed by atoms with Crippen molar-refractivity contribution < 1.29 is 24.1 Å². The average molecular weight is 307 g/mol. The number of aliphatic hydroxyl groups excluding tert-OH is 1. The number of amides is 1. The van der Waals surface area contributed by atoms with Crippen molar-refractivity contribution in [2.75, 3.05) is 19.8 Å². The van der Waals surface area contributed by atoms with Crippen molar-refractivity contribution in [1.29, 1.82) is 0 Å². The third kappa shape index (κ3) is 3.24. The molecule has 22 heavy (non-hydrogen) atoms. The molecule has 2 aliphatic rings. The maximum absolute atomic E-state index is 11.9. The molecule has 1 aromatic rings. The van der Waals surface area contributed by atoms with Crippen molar-refractivity contribution in [3.05, 3.63) is 35.9 Å². The van der Waals surface area contributed by atoms with Gasteiger partial charge in [-0.25, -0.2) is 4.79 Å². The molecule has 2 atom stereocenters. The van der Waals surface area contributed by atoms with Gasteiger partial charge in [0.1, 0.15) is 18.3 Å². The van der Waals surface area contributed by atoms with Crippen LogP contribution in [0.2, 0.25) is 0 Å². The van der Waals surface area contributed by atoms with Gasteiger partial charge in [-0.2, -0.15) is 0 Å². The third-order valence-electron chi connectivity index (χ3n) is 4.33. The smallest absolute Gasteiger partial charge is 0.407 e. The van der Waals surface area contributed by atoms with Crippen LogP contribution in [-0.4, -0.2) is 48.8 Å². The SMILES string of the molecule is O=C(N[C@H]1COC2(CCOCC2)[C@@H]1O)OCc1ccccc1. The molecule has 3 rings (SSSR count). The Balaban J connectivity index is 1.49. The van der Waals surface area contributed by atoms with Gasteiger partial charge in [-0.1, -0.05) is 30.3 Å². The molecule has 0 saturated carbocycles. The van der Waals surface area contributed by atoms with Crippen molar-refractivity contribution in [2.24, 2.45) is 0 Å². The number of aliphatic hydroxyl groups is 1. The fraction of sp³-hybridized carbons (Fsp3) is 0.562. The van der Waals surface area contributed by atoms with E-state index in [0.717, 1.165) is 5.56 Å². The van der Waals surface area contributed by atoms with E-state index >= 15 is 0 Å². The molecule has 1 spiro atoms. The summed E-state index contributed by atoms with van der Waals surface area (Å²) in [5.74, 6) is 0. The van der Waals surface area contributed by atoms with Crippen molar-refractivity contribution in [3.8, 4) is 0 Å². The van der Waals surface area contributed by atoms with Crippen molar-refractivity contribution in [3.63, 3.8) is 0 Å². The second kappa shape index (κ2) is 6.64. The normalized spacial score (nSPS) is 26.8. The number of rotatable bonds is 3. The molecule has 0 aliphatic carbocycles. The lowest BCUT2D eigenvalue weighted by Crippen LogP contribution is -2.51. The summed E-state index contributed by atoms with van der Waals surface area (Å²) in [4.78, 5) is 11.9. The fourth-order valence-electron chi connectivity index (χ4n) is 2.99. The molecule has 1 aromatic carbocycles. The number of ether oxygens (including phenoxy) is 3. The second-order valence-electron chi connectivity index (χ2n) is 5.75. The van der Waals surface area contributed by atoms with Gasteiger partial charge in [0, 0.05) is 26.1 Å². The zero-order valence-corrected chi connectivity index (χ0v) is 12.4.